The summed E-state index contributed by atoms with van der Waals surface area (Å²) in [7, 11) is 1.94. The van der Waals surface area contributed by atoms with E-state index in [1.165, 1.54) is 24.8 Å². The molecule has 1 saturated carbocycles. The Balaban J connectivity index is 0.00000143. The molecule has 4 aromatic rings. The van der Waals surface area contributed by atoms with E-state index in [9.17, 15) is 0 Å². The van der Waals surface area contributed by atoms with Crippen molar-refractivity contribution in [2.75, 3.05) is 7.05 Å². The summed E-state index contributed by atoms with van der Waals surface area (Å²) in [6.45, 7) is 26.6. The molecule has 0 atom stereocenters. The predicted octanol–water partition coefficient (Wildman–Crippen LogP) is 11.4. The van der Waals surface area contributed by atoms with E-state index >= 15 is 0 Å². The number of benzene rings is 2. The Bertz CT molecular complexity index is 1750. The highest BCUT2D eigenvalue weighted by molar-refractivity contribution is 5.91. The van der Waals surface area contributed by atoms with Gasteiger partial charge < -0.3 is 10.1 Å². The molecule has 5 rings (SSSR count). The van der Waals surface area contributed by atoms with Gasteiger partial charge in [-0.05, 0) is 60.4 Å². The molecule has 1 aliphatic rings. The standard InChI is InChI=1S/C38H46N6O.3C2H6/c1-8-12-37(42-36(39-7)20-17-28-15-16-28)45-34-19-18-29(32-13-10-11-14-33(32)34)21-27(9-2)22-30-23-35(38(4,5)6)43-44(30)31-24-40-26(3)41-25-31;3*1-2/h10-14,18-19,23-25,28H,2,8,15-17,20-22H2,1,3-7H3,(H,39,42);3*1-2H3/b37-12+;;;. The first-order valence-corrected chi connectivity index (χ1v) is 19.1. The zero-order valence-electron chi connectivity index (χ0n) is 33.7. The first kappa shape index (κ1) is 42.7. The van der Waals surface area contributed by atoms with Gasteiger partial charge >= 0.3 is 0 Å². The number of ether oxygens (including phenoxy) is 1. The summed E-state index contributed by atoms with van der Waals surface area (Å²) >= 11 is 0. The number of rotatable bonds is 12. The molecule has 1 fully saturated rings. The van der Waals surface area contributed by atoms with Crippen LogP contribution in [0.1, 0.15) is 124 Å². The molecule has 276 valence electrons. The summed E-state index contributed by atoms with van der Waals surface area (Å²) < 4.78 is 8.44. The Morgan fingerprint density at radius 2 is 1.65 bits per heavy atom. The van der Waals surface area contributed by atoms with Gasteiger partial charge in [-0.1, -0.05) is 119 Å². The van der Waals surface area contributed by atoms with Gasteiger partial charge in [0.25, 0.3) is 0 Å². The molecule has 0 radical (unpaired) electrons. The summed E-state index contributed by atoms with van der Waals surface area (Å²) in [6, 6.07) is 14.8. The van der Waals surface area contributed by atoms with Crippen LogP contribution < -0.4 is 10.1 Å². The van der Waals surface area contributed by atoms with Crippen molar-refractivity contribution in [3.63, 3.8) is 0 Å². The van der Waals surface area contributed by atoms with Crippen LogP contribution in [0.4, 0.5) is 0 Å². The summed E-state index contributed by atoms with van der Waals surface area (Å²) in [5.41, 5.74) is 8.32. The molecule has 1 aliphatic carbocycles. The second-order valence-corrected chi connectivity index (χ2v) is 12.9. The molecular formula is C44H64N6O. The molecule has 1 N–H and O–H groups in total. The van der Waals surface area contributed by atoms with Gasteiger partial charge in [0.2, 0.25) is 5.88 Å². The molecule has 7 nitrogen and oxygen atoms in total. The van der Waals surface area contributed by atoms with Crippen molar-refractivity contribution in [2.45, 2.75) is 127 Å². The van der Waals surface area contributed by atoms with Crippen molar-refractivity contribution in [1.82, 2.24) is 25.1 Å². The second kappa shape index (κ2) is 21.7. The Hall–Kier alpha value is -4.48. The summed E-state index contributed by atoms with van der Waals surface area (Å²) in [5.74, 6) is 3.98. The molecule has 0 aliphatic heterocycles. The van der Waals surface area contributed by atoms with Crippen LogP contribution in [-0.4, -0.2) is 32.6 Å². The van der Waals surface area contributed by atoms with Crippen molar-refractivity contribution in [2.24, 2.45) is 10.9 Å². The number of hydrogen-bond donors (Lipinski definition) is 1. The summed E-state index contributed by atoms with van der Waals surface area (Å²) in [4.78, 5) is 13.7. The monoisotopic (exact) mass is 693 g/mol. The van der Waals surface area contributed by atoms with E-state index in [0.29, 0.717) is 18.7 Å². The highest BCUT2D eigenvalue weighted by atomic mass is 16.5. The Kier molecular flexibility index (Phi) is 18.1. The fraction of sp³-hybridized carbons (Fsp3) is 0.477. The Morgan fingerprint density at radius 1 is 1.00 bits per heavy atom. The van der Waals surface area contributed by atoms with E-state index < -0.39 is 0 Å². The van der Waals surface area contributed by atoms with Gasteiger partial charge in [-0.25, -0.2) is 19.6 Å². The highest BCUT2D eigenvalue weighted by Crippen LogP contribution is 2.34. The third kappa shape index (κ3) is 12.7. The smallest absolute Gasteiger partial charge is 0.216 e. The molecular weight excluding hydrogens is 629 g/mol. The number of fused-ring (bicyclic) bond motifs is 1. The lowest BCUT2D eigenvalue weighted by molar-refractivity contribution is 0.422. The van der Waals surface area contributed by atoms with E-state index in [4.69, 9.17) is 14.8 Å². The zero-order valence-corrected chi connectivity index (χ0v) is 33.7. The lowest BCUT2D eigenvalue weighted by Gasteiger charge is -2.15. The summed E-state index contributed by atoms with van der Waals surface area (Å²) in [6.07, 6.45) is 12.7. The predicted molar refractivity (Wildman–Crippen MR) is 218 cm³/mol. The van der Waals surface area contributed by atoms with E-state index in [1.807, 2.05) is 78.7 Å². The maximum atomic E-state index is 6.49. The molecule has 2 aromatic heterocycles. The van der Waals surface area contributed by atoms with Crippen LogP contribution in [0, 0.1) is 12.8 Å². The molecule has 0 spiro atoms. The van der Waals surface area contributed by atoms with Crippen molar-refractivity contribution in [3.05, 3.63) is 107 Å². The van der Waals surface area contributed by atoms with Crippen LogP contribution in [0.2, 0.25) is 0 Å². The number of aliphatic imine (C=N–C) groups is 1. The van der Waals surface area contributed by atoms with E-state index in [-0.39, 0.29) is 5.41 Å². The van der Waals surface area contributed by atoms with Gasteiger partial charge in [0.05, 0.1) is 18.1 Å². The van der Waals surface area contributed by atoms with Crippen molar-refractivity contribution in [3.8, 4) is 11.4 Å². The van der Waals surface area contributed by atoms with Crippen LogP contribution in [0.3, 0.4) is 0 Å². The number of aromatic nitrogens is 4. The minimum atomic E-state index is -0.101. The zero-order chi connectivity index (χ0) is 38.0. The number of nitrogens with one attached hydrogen (secondary N) is 1. The van der Waals surface area contributed by atoms with Crippen LogP contribution >= 0.6 is 0 Å². The van der Waals surface area contributed by atoms with E-state index in [2.05, 4.69) is 97.8 Å². The van der Waals surface area contributed by atoms with Gasteiger partial charge in [-0.2, -0.15) is 5.10 Å². The fourth-order valence-corrected chi connectivity index (χ4v) is 5.36. The molecule has 51 heavy (non-hydrogen) atoms. The van der Waals surface area contributed by atoms with Crippen LogP contribution in [-0.2, 0) is 18.3 Å². The maximum Gasteiger partial charge on any atom is 0.216 e. The number of nitrogens with zero attached hydrogens (tertiary/aromatic N) is 5. The van der Waals surface area contributed by atoms with Gasteiger partial charge in [0, 0.05) is 42.8 Å². The number of hydrogen-bond acceptors (Lipinski definition) is 5. The van der Waals surface area contributed by atoms with Crippen molar-refractivity contribution >= 4 is 16.6 Å². The number of aryl methyl sites for hydroxylation is 1. The molecule has 2 heterocycles. The van der Waals surface area contributed by atoms with Crippen molar-refractivity contribution in [1.29, 1.82) is 0 Å². The largest absolute Gasteiger partial charge is 0.439 e. The Morgan fingerprint density at radius 3 is 2.22 bits per heavy atom. The van der Waals surface area contributed by atoms with Gasteiger partial charge in [0.1, 0.15) is 23.1 Å². The molecule has 0 amide bonds. The average Bonchev–Trinajstić information content (AvgIpc) is 3.89. The first-order chi connectivity index (χ1) is 24.7. The SMILES string of the molecule is C=C=C(Cc1ccc(OC(=C/CC)/N=C(/CCC2CC2)NC)c2ccccc12)Cc1cc(C(C)(C)C)nn1-c1cnc(C)nc1.CC.CC.CC. The molecule has 7 heteroatoms. The molecule has 0 bridgehead atoms. The Labute approximate surface area is 309 Å². The lowest BCUT2D eigenvalue weighted by atomic mass is 9.91. The minimum Gasteiger partial charge on any atom is -0.439 e. The first-order valence-electron chi connectivity index (χ1n) is 19.1. The van der Waals surface area contributed by atoms with Gasteiger partial charge in [0.15, 0.2) is 0 Å². The lowest BCUT2D eigenvalue weighted by Crippen LogP contribution is -2.19. The number of amidine groups is 1. The van der Waals surface area contributed by atoms with Gasteiger partial charge in [-0.3, -0.25) is 0 Å². The van der Waals surface area contributed by atoms with Crippen LogP contribution in [0.5, 0.6) is 5.75 Å². The van der Waals surface area contributed by atoms with Crippen LogP contribution in [0.25, 0.3) is 16.5 Å². The quantitative estimate of drug-likeness (QED) is 0.0692. The minimum absolute atomic E-state index is 0.101. The van der Waals surface area contributed by atoms with E-state index in [0.717, 1.165) is 69.6 Å². The van der Waals surface area contributed by atoms with Crippen molar-refractivity contribution < 1.29 is 4.74 Å². The van der Waals surface area contributed by atoms with E-state index in [1.54, 1.807) is 0 Å². The topological polar surface area (TPSA) is 77.2 Å². The van der Waals surface area contributed by atoms with Gasteiger partial charge in [-0.15, -0.1) is 5.73 Å². The summed E-state index contributed by atoms with van der Waals surface area (Å²) in [5, 5.41) is 10.4. The molecule has 2 aromatic carbocycles. The highest BCUT2D eigenvalue weighted by Gasteiger charge is 2.23. The second-order valence-electron chi connectivity index (χ2n) is 12.9. The normalized spacial score (nSPS) is 12.7. The number of allylic oxidation sites excluding steroid dienone is 2. The maximum absolute atomic E-state index is 6.49. The fourth-order valence-electron chi connectivity index (χ4n) is 5.36. The third-order valence-electron chi connectivity index (χ3n) is 8.20. The molecule has 0 unspecified atom stereocenters. The third-order valence-corrected chi connectivity index (χ3v) is 8.20. The molecule has 0 saturated heterocycles. The van der Waals surface area contributed by atoms with Crippen LogP contribution in [0.15, 0.2) is 89.7 Å². The average molecular weight is 693 g/mol.